The number of benzene rings is 1. The zero-order valence-electron chi connectivity index (χ0n) is 10.8. The van der Waals surface area contributed by atoms with Crippen molar-refractivity contribution in [2.75, 3.05) is 12.3 Å². The molecular weight excluding hydrogens is 324 g/mol. The first-order valence-corrected chi connectivity index (χ1v) is 8.68. The Kier molecular flexibility index (Phi) is 4.84. The summed E-state index contributed by atoms with van der Waals surface area (Å²) in [7, 11) is -4.22. The lowest BCUT2D eigenvalue weighted by molar-refractivity contribution is 0.0685. The van der Waals surface area contributed by atoms with Gasteiger partial charge in [-0.2, -0.15) is 11.8 Å². The van der Waals surface area contributed by atoms with Gasteiger partial charge in [-0.3, -0.25) is 0 Å². The highest BCUT2D eigenvalue weighted by Gasteiger charge is 2.27. The predicted octanol–water partition coefficient (Wildman–Crippen LogP) is 1.84. The number of sulfonamides is 1. The van der Waals surface area contributed by atoms with Crippen LogP contribution >= 0.6 is 11.8 Å². The Hall–Kier alpha value is -1.19. The Balaban J connectivity index is 2.27. The van der Waals surface area contributed by atoms with Gasteiger partial charge in [-0.15, -0.1) is 0 Å². The molecule has 0 aromatic heterocycles. The molecule has 1 aliphatic rings. The van der Waals surface area contributed by atoms with Gasteiger partial charge in [-0.25, -0.2) is 26.7 Å². The third-order valence-electron chi connectivity index (χ3n) is 3.08. The maximum absolute atomic E-state index is 13.9. The number of carboxylic acids is 1. The van der Waals surface area contributed by atoms with E-state index < -0.39 is 38.1 Å². The molecule has 1 aromatic rings. The zero-order chi connectivity index (χ0) is 15.6. The van der Waals surface area contributed by atoms with Crippen LogP contribution in [0.3, 0.4) is 0 Å². The first-order valence-electron chi connectivity index (χ1n) is 6.15. The molecule has 0 radical (unpaired) electrons. The van der Waals surface area contributed by atoms with Gasteiger partial charge in [-0.05, 0) is 30.7 Å². The van der Waals surface area contributed by atoms with Gasteiger partial charge in [0, 0.05) is 11.8 Å². The summed E-state index contributed by atoms with van der Waals surface area (Å²) in [6.45, 7) is 0.131. The van der Waals surface area contributed by atoms with E-state index in [1.54, 1.807) is 11.8 Å². The summed E-state index contributed by atoms with van der Waals surface area (Å²) in [5, 5.41) is 8.85. The Morgan fingerprint density at radius 2 is 2.14 bits per heavy atom. The maximum Gasteiger partial charge on any atom is 0.341 e. The van der Waals surface area contributed by atoms with Gasteiger partial charge in [0.2, 0.25) is 10.0 Å². The number of aromatic carboxylic acids is 1. The van der Waals surface area contributed by atoms with E-state index in [9.17, 15) is 22.0 Å². The van der Waals surface area contributed by atoms with Crippen LogP contribution in [-0.4, -0.2) is 37.0 Å². The first-order chi connectivity index (χ1) is 9.83. The second-order valence-corrected chi connectivity index (χ2v) is 7.67. The van der Waals surface area contributed by atoms with Crippen molar-refractivity contribution in [2.24, 2.45) is 0 Å². The van der Waals surface area contributed by atoms with E-state index in [0.717, 1.165) is 24.7 Å². The molecule has 1 saturated heterocycles. The average Bonchev–Trinajstić information content (AvgIpc) is 2.88. The van der Waals surface area contributed by atoms with Gasteiger partial charge in [-0.1, -0.05) is 0 Å². The Morgan fingerprint density at radius 1 is 1.43 bits per heavy atom. The van der Waals surface area contributed by atoms with Crippen molar-refractivity contribution in [3.05, 3.63) is 29.3 Å². The van der Waals surface area contributed by atoms with Crippen LogP contribution in [0.2, 0.25) is 0 Å². The highest BCUT2D eigenvalue weighted by molar-refractivity contribution is 8.00. The van der Waals surface area contributed by atoms with E-state index in [0.29, 0.717) is 6.07 Å². The molecule has 0 saturated carbocycles. The summed E-state index contributed by atoms with van der Waals surface area (Å²) in [6, 6.07) is 1.35. The number of hydrogen-bond acceptors (Lipinski definition) is 4. The lowest BCUT2D eigenvalue weighted by Gasteiger charge is -2.12. The molecule has 0 amide bonds. The molecular formula is C12H13F2NO4S2. The van der Waals surface area contributed by atoms with Crippen LogP contribution in [0.4, 0.5) is 8.78 Å². The minimum Gasteiger partial charge on any atom is -0.477 e. The summed E-state index contributed by atoms with van der Waals surface area (Å²) >= 11 is 1.62. The second-order valence-electron chi connectivity index (χ2n) is 4.53. The molecule has 1 aliphatic heterocycles. The third kappa shape index (κ3) is 3.53. The number of halogens is 2. The highest BCUT2D eigenvalue weighted by Crippen LogP contribution is 2.26. The Morgan fingerprint density at radius 3 is 2.71 bits per heavy atom. The van der Waals surface area contributed by atoms with Gasteiger partial charge in [0.05, 0.1) is 0 Å². The van der Waals surface area contributed by atoms with Gasteiger partial charge in [0.25, 0.3) is 0 Å². The molecule has 1 atom stereocenters. The topological polar surface area (TPSA) is 83.5 Å². The Labute approximate surface area is 124 Å². The van der Waals surface area contributed by atoms with E-state index in [2.05, 4.69) is 4.72 Å². The standard InChI is InChI=1S/C12H13F2NO4S2/c13-8-3-4-9(11(14)10(8)12(16)17)21(18,19)15-6-7-2-1-5-20-7/h3-4,7,15H,1-2,5-6H2,(H,16,17). The molecule has 1 fully saturated rings. The quantitative estimate of drug-likeness (QED) is 0.856. The molecule has 2 rings (SSSR count). The van der Waals surface area contributed by atoms with E-state index in [1.165, 1.54) is 0 Å². The van der Waals surface area contributed by atoms with Crippen LogP contribution in [0.25, 0.3) is 0 Å². The van der Waals surface area contributed by atoms with Crippen LogP contribution in [-0.2, 0) is 10.0 Å². The van der Waals surface area contributed by atoms with Crippen molar-refractivity contribution < 1.29 is 27.1 Å². The van der Waals surface area contributed by atoms with E-state index in [1.807, 2.05) is 0 Å². The summed E-state index contributed by atoms with van der Waals surface area (Å²) in [5.41, 5.74) is -1.27. The summed E-state index contributed by atoms with van der Waals surface area (Å²) in [4.78, 5) is 9.93. The number of nitrogens with one attached hydrogen (secondary N) is 1. The molecule has 1 heterocycles. The molecule has 1 aromatic carbocycles. The second kappa shape index (κ2) is 6.29. The molecule has 5 nitrogen and oxygen atoms in total. The van der Waals surface area contributed by atoms with Crippen molar-refractivity contribution in [1.29, 1.82) is 0 Å². The fourth-order valence-corrected chi connectivity index (χ4v) is 4.49. The van der Waals surface area contributed by atoms with Crippen molar-refractivity contribution in [1.82, 2.24) is 4.72 Å². The van der Waals surface area contributed by atoms with E-state index >= 15 is 0 Å². The van der Waals surface area contributed by atoms with E-state index in [4.69, 9.17) is 5.11 Å². The Bertz CT molecular complexity index is 657. The largest absolute Gasteiger partial charge is 0.477 e. The van der Waals surface area contributed by atoms with Crippen LogP contribution < -0.4 is 4.72 Å². The van der Waals surface area contributed by atoms with E-state index in [-0.39, 0.29) is 11.8 Å². The minimum absolute atomic E-state index is 0.113. The number of carbonyl (C=O) groups is 1. The van der Waals surface area contributed by atoms with Crippen LogP contribution in [0, 0.1) is 11.6 Å². The van der Waals surface area contributed by atoms with Crippen molar-refractivity contribution >= 4 is 27.8 Å². The SMILES string of the molecule is O=C(O)c1c(F)ccc(S(=O)(=O)NCC2CCCS2)c1F. The number of hydrogen-bond donors (Lipinski definition) is 2. The molecule has 2 N–H and O–H groups in total. The van der Waals surface area contributed by atoms with Crippen molar-refractivity contribution in [2.45, 2.75) is 23.0 Å². The highest BCUT2D eigenvalue weighted by atomic mass is 32.2. The molecule has 1 unspecified atom stereocenters. The normalized spacial score (nSPS) is 18.9. The lowest BCUT2D eigenvalue weighted by atomic mass is 10.2. The van der Waals surface area contributed by atoms with Crippen molar-refractivity contribution in [3.8, 4) is 0 Å². The minimum atomic E-state index is -4.22. The summed E-state index contributed by atoms with van der Waals surface area (Å²) in [6.07, 6.45) is 1.85. The van der Waals surface area contributed by atoms with Crippen LogP contribution in [0.15, 0.2) is 17.0 Å². The molecule has 21 heavy (non-hydrogen) atoms. The van der Waals surface area contributed by atoms with Gasteiger partial charge >= 0.3 is 5.97 Å². The maximum atomic E-state index is 13.9. The number of rotatable bonds is 5. The monoisotopic (exact) mass is 337 g/mol. The molecule has 0 bridgehead atoms. The lowest BCUT2D eigenvalue weighted by Crippen LogP contribution is -2.31. The van der Waals surface area contributed by atoms with Gasteiger partial charge in [0.1, 0.15) is 16.3 Å². The number of thioether (sulfide) groups is 1. The average molecular weight is 337 g/mol. The summed E-state index contributed by atoms with van der Waals surface area (Å²) in [5.74, 6) is -3.81. The van der Waals surface area contributed by atoms with Crippen LogP contribution in [0.1, 0.15) is 23.2 Å². The van der Waals surface area contributed by atoms with Crippen molar-refractivity contribution in [3.63, 3.8) is 0 Å². The van der Waals surface area contributed by atoms with Crippen LogP contribution in [0.5, 0.6) is 0 Å². The first kappa shape index (κ1) is 16.2. The fourth-order valence-electron chi connectivity index (χ4n) is 2.02. The number of carboxylic acid groups (broad SMARTS) is 1. The predicted molar refractivity (Wildman–Crippen MR) is 74.0 cm³/mol. The fraction of sp³-hybridized carbons (Fsp3) is 0.417. The molecule has 0 spiro atoms. The third-order valence-corrected chi connectivity index (χ3v) is 5.92. The van der Waals surface area contributed by atoms with Gasteiger partial charge < -0.3 is 5.11 Å². The smallest absolute Gasteiger partial charge is 0.341 e. The molecule has 0 aliphatic carbocycles. The molecule has 116 valence electrons. The summed E-state index contributed by atoms with van der Waals surface area (Å²) < 4.78 is 53.5. The molecule has 9 heteroatoms. The zero-order valence-corrected chi connectivity index (χ0v) is 12.4. The van der Waals surface area contributed by atoms with Gasteiger partial charge in [0.15, 0.2) is 5.82 Å².